The van der Waals surface area contributed by atoms with Crippen LogP contribution in [0, 0.1) is 10.1 Å². The first-order valence-electron chi connectivity index (χ1n) is 9.33. The number of para-hydroxylation sites is 1. The fourth-order valence-corrected chi connectivity index (χ4v) is 4.67. The Balaban J connectivity index is 1.44. The molecular weight excluding hydrogens is 416 g/mol. The van der Waals surface area contributed by atoms with Gasteiger partial charge in [-0.3, -0.25) is 15.0 Å². The normalized spacial score (nSPS) is 15.4. The maximum Gasteiger partial charge on any atom is 0.289 e. The van der Waals surface area contributed by atoms with Gasteiger partial charge in [0.25, 0.3) is 5.69 Å². The average molecular weight is 439 g/mol. The van der Waals surface area contributed by atoms with E-state index >= 15 is 0 Å². The van der Waals surface area contributed by atoms with E-state index in [2.05, 4.69) is 14.5 Å². The van der Waals surface area contributed by atoms with E-state index in [9.17, 15) is 18.5 Å². The fraction of sp³-hybridized carbons (Fsp3) is 0.368. The molecule has 0 atom stereocenters. The third-order valence-corrected chi connectivity index (χ3v) is 6.62. The topological polar surface area (TPSA) is 95.8 Å². The number of halogens is 1. The summed E-state index contributed by atoms with van der Waals surface area (Å²) in [5.41, 5.74) is 0.726. The zero-order valence-electron chi connectivity index (χ0n) is 15.8. The number of nitro benzene ring substituents is 1. The summed E-state index contributed by atoms with van der Waals surface area (Å²) in [5, 5.41) is 11.8. The number of piperazine rings is 1. The zero-order valence-corrected chi connectivity index (χ0v) is 17.4. The lowest BCUT2D eigenvalue weighted by atomic mass is 10.2. The van der Waals surface area contributed by atoms with Gasteiger partial charge < -0.3 is 4.90 Å². The van der Waals surface area contributed by atoms with Gasteiger partial charge in [0.15, 0.2) is 4.90 Å². The van der Waals surface area contributed by atoms with E-state index in [0.717, 1.165) is 43.4 Å². The number of benzene rings is 2. The molecule has 1 heterocycles. The van der Waals surface area contributed by atoms with Gasteiger partial charge in [0.2, 0.25) is 10.0 Å². The van der Waals surface area contributed by atoms with E-state index in [1.54, 1.807) is 0 Å². The lowest BCUT2D eigenvalue weighted by Crippen LogP contribution is -2.47. The Hall–Kier alpha value is -2.20. The van der Waals surface area contributed by atoms with Crippen molar-refractivity contribution in [2.75, 3.05) is 44.2 Å². The number of hydrogen-bond acceptors (Lipinski definition) is 6. The van der Waals surface area contributed by atoms with Crippen molar-refractivity contribution in [1.29, 1.82) is 0 Å². The van der Waals surface area contributed by atoms with Gasteiger partial charge in [-0.1, -0.05) is 23.7 Å². The summed E-state index contributed by atoms with van der Waals surface area (Å²) >= 11 is 5.93. The van der Waals surface area contributed by atoms with Crippen molar-refractivity contribution >= 4 is 33.0 Å². The lowest BCUT2D eigenvalue weighted by Gasteiger charge is -2.36. The molecule has 0 aromatic heterocycles. The van der Waals surface area contributed by atoms with Gasteiger partial charge in [-0.2, -0.15) is 0 Å². The molecule has 0 saturated carbocycles. The fourth-order valence-electron chi connectivity index (χ4n) is 3.30. The first kappa shape index (κ1) is 21.5. The van der Waals surface area contributed by atoms with Crippen LogP contribution in [-0.2, 0) is 10.0 Å². The van der Waals surface area contributed by atoms with Gasteiger partial charge in [0.05, 0.1) is 4.92 Å². The van der Waals surface area contributed by atoms with E-state index in [-0.39, 0.29) is 11.4 Å². The second-order valence-electron chi connectivity index (χ2n) is 6.78. The molecule has 3 rings (SSSR count). The summed E-state index contributed by atoms with van der Waals surface area (Å²) in [6.07, 6.45) is 0.626. The highest BCUT2D eigenvalue weighted by Crippen LogP contribution is 2.22. The molecule has 1 aliphatic rings. The molecule has 156 valence electrons. The SMILES string of the molecule is O=[N+]([O-])c1ccccc1S(=O)(=O)NCCCN1CCN(c2ccc(Cl)cc2)CC1. The number of nitrogens with zero attached hydrogens (tertiary/aromatic N) is 3. The number of nitro groups is 1. The Kier molecular flexibility index (Phi) is 7.07. The molecular formula is C19H23ClN4O4S. The van der Waals surface area contributed by atoms with Crippen molar-refractivity contribution in [1.82, 2.24) is 9.62 Å². The molecule has 0 amide bonds. The summed E-state index contributed by atoms with van der Waals surface area (Å²) in [6.45, 7) is 4.55. The van der Waals surface area contributed by atoms with Gasteiger partial charge in [0.1, 0.15) is 0 Å². The predicted molar refractivity (Wildman–Crippen MR) is 113 cm³/mol. The minimum atomic E-state index is -3.92. The van der Waals surface area contributed by atoms with Crippen molar-refractivity contribution in [2.24, 2.45) is 0 Å². The Bertz CT molecular complexity index is 945. The Labute approximate surface area is 175 Å². The third-order valence-electron chi connectivity index (χ3n) is 4.86. The third kappa shape index (κ3) is 5.66. The van der Waals surface area contributed by atoms with Gasteiger partial charge in [-0.15, -0.1) is 0 Å². The van der Waals surface area contributed by atoms with Crippen molar-refractivity contribution < 1.29 is 13.3 Å². The quantitative estimate of drug-likeness (QED) is 0.387. The number of rotatable bonds is 8. The Morgan fingerprint density at radius 1 is 1.03 bits per heavy atom. The van der Waals surface area contributed by atoms with Crippen molar-refractivity contribution in [3.8, 4) is 0 Å². The molecule has 2 aromatic carbocycles. The Morgan fingerprint density at radius 3 is 2.34 bits per heavy atom. The van der Waals surface area contributed by atoms with Crippen LogP contribution >= 0.6 is 11.6 Å². The number of hydrogen-bond donors (Lipinski definition) is 1. The van der Waals surface area contributed by atoms with Crippen LogP contribution in [0.3, 0.4) is 0 Å². The summed E-state index contributed by atoms with van der Waals surface area (Å²) in [7, 11) is -3.92. The average Bonchev–Trinajstić information content (AvgIpc) is 2.72. The van der Waals surface area contributed by atoms with Crippen LogP contribution in [0.5, 0.6) is 0 Å². The summed E-state index contributed by atoms with van der Waals surface area (Å²) in [5.74, 6) is 0. The van der Waals surface area contributed by atoms with Crippen LogP contribution in [0.25, 0.3) is 0 Å². The molecule has 1 saturated heterocycles. The second-order valence-corrected chi connectivity index (χ2v) is 8.95. The van der Waals surface area contributed by atoms with Crippen LogP contribution in [0.1, 0.15) is 6.42 Å². The monoisotopic (exact) mass is 438 g/mol. The highest BCUT2D eigenvalue weighted by Gasteiger charge is 2.24. The Morgan fingerprint density at radius 2 is 1.69 bits per heavy atom. The summed E-state index contributed by atoms with van der Waals surface area (Å²) in [6, 6.07) is 13.1. The molecule has 1 N–H and O–H groups in total. The molecule has 0 radical (unpaired) electrons. The van der Waals surface area contributed by atoms with Gasteiger partial charge in [0, 0.05) is 49.5 Å². The maximum absolute atomic E-state index is 12.4. The number of anilines is 1. The molecule has 0 unspecified atom stereocenters. The zero-order chi connectivity index (χ0) is 20.9. The van der Waals surface area contributed by atoms with Gasteiger partial charge >= 0.3 is 0 Å². The van der Waals surface area contributed by atoms with Gasteiger partial charge in [-0.05, 0) is 43.3 Å². The van der Waals surface area contributed by atoms with Crippen LogP contribution in [0.2, 0.25) is 5.02 Å². The van der Waals surface area contributed by atoms with Gasteiger partial charge in [-0.25, -0.2) is 13.1 Å². The van der Waals surface area contributed by atoms with E-state index in [1.165, 1.54) is 24.3 Å². The smallest absolute Gasteiger partial charge is 0.289 e. The minimum Gasteiger partial charge on any atom is -0.369 e. The molecule has 10 heteroatoms. The standard InChI is InChI=1S/C19H23ClN4O4S/c20-16-6-8-17(9-7-16)23-14-12-22(13-15-23)11-3-10-21-29(27,28)19-5-2-1-4-18(19)24(25)26/h1-2,4-9,21H,3,10-15H2. The summed E-state index contributed by atoms with van der Waals surface area (Å²) < 4.78 is 27.2. The molecule has 0 bridgehead atoms. The molecule has 2 aromatic rings. The van der Waals surface area contributed by atoms with Crippen molar-refractivity contribution in [3.05, 3.63) is 63.7 Å². The lowest BCUT2D eigenvalue weighted by molar-refractivity contribution is -0.387. The first-order valence-corrected chi connectivity index (χ1v) is 11.2. The molecule has 0 spiro atoms. The summed E-state index contributed by atoms with van der Waals surface area (Å²) in [4.78, 5) is 14.6. The highest BCUT2D eigenvalue weighted by molar-refractivity contribution is 7.89. The second kappa shape index (κ2) is 9.53. The first-order chi connectivity index (χ1) is 13.9. The number of nitrogens with one attached hydrogen (secondary N) is 1. The highest BCUT2D eigenvalue weighted by atomic mass is 35.5. The minimum absolute atomic E-state index is 0.228. The maximum atomic E-state index is 12.4. The van der Waals surface area contributed by atoms with Crippen LogP contribution < -0.4 is 9.62 Å². The molecule has 0 aliphatic carbocycles. The predicted octanol–water partition coefficient (Wildman–Crippen LogP) is 2.74. The van der Waals surface area contributed by atoms with E-state index < -0.39 is 20.6 Å². The van der Waals surface area contributed by atoms with Crippen LogP contribution in [-0.4, -0.2) is 57.5 Å². The van der Waals surface area contributed by atoms with Crippen molar-refractivity contribution in [3.63, 3.8) is 0 Å². The van der Waals surface area contributed by atoms with Crippen molar-refractivity contribution in [2.45, 2.75) is 11.3 Å². The molecule has 8 nitrogen and oxygen atoms in total. The number of sulfonamides is 1. The molecule has 29 heavy (non-hydrogen) atoms. The van der Waals surface area contributed by atoms with E-state index in [1.807, 2.05) is 24.3 Å². The molecule has 1 fully saturated rings. The largest absolute Gasteiger partial charge is 0.369 e. The van der Waals surface area contributed by atoms with E-state index in [0.29, 0.717) is 6.42 Å². The van der Waals surface area contributed by atoms with E-state index in [4.69, 9.17) is 11.6 Å². The van der Waals surface area contributed by atoms with Crippen LogP contribution in [0.15, 0.2) is 53.4 Å². The molecule has 1 aliphatic heterocycles. The van der Waals surface area contributed by atoms with Crippen LogP contribution in [0.4, 0.5) is 11.4 Å².